The molecule has 0 aromatic heterocycles. The second-order valence-corrected chi connectivity index (χ2v) is 8.50. The maximum Gasteiger partial charge on any atom is 0.513 e. The Labute approximate surface area is 183 Å². The number of benzene rings is 1. The van der Waals surface area contributed by atoms with Crippen molar-refractivity contribution in [2.24, 2.45) is 5.41 Å². The zero-order valence-corrected chi connectivity index (χ0v) is 18.9. The highest BCUT2D eigenvalue weighted by Crippen LogP contribution is 2.48. The summed E-state index contributed by atoms with van der Waals surface area (Å²) in [6, 6.07) is 3.90. The number of piperidine rings is 1. The van der Waals surface area contributed by atoms with Gasteiger partial charge in [0.15, 0.2) is 5.78 Å². The molecular weight excluding hydrogens is 394 g/mol. The average Bonchev–Trinajstić information content (AvgIpc) is 2.70. The van der Waals surface area contributed by atoms with Crippen molar-refractivity contribution in [1.29, 1.82) is 0 Å². The van der Waals surface area contributed by atoms with Gasteiger partial charge in [0.25, 0.3) is 0 Å². The fraction of sp³-hybridized carbons (Fsp3) is 0.480. The zero-order chi connectivity index (χ0) is 22.8. The first-order valence-electron chi connectivity index (χ1n) is 10.5. The monoisotopic (exact) mass is 423 g/mol. The predicted molar refractivity (Wildman–Crippen MR) is 117 cm³/mol. The van der Waals surface area contributed by atoms with E-state index in [4.69, 9.17) is 9.47 Å². The first-order chi connectivity index (χ1) is 14.7. The van der Waals surface area contributed by atoms with Gasteiger partial charge in [-0.3, -0.25) is 9.59 Å². The zero-order valence-electron chi connectivity index (χ0n) is 18.9. The van der Waals surface area contributed by atoms with E-state index in [-0.39, 0.29) is 17.1 Å². The molecule has 1 aromatic rings. The Balaban J connectivity index is 2.06. The van der Waals surface area contributed by atoms with Gasteiger partial charge in [-0.2, -0.15) is 0 Å². The second kappa shape index (κ2) is 8.97. The lowest BCUT2D eigenvalue weighted by Crippen LogP contribution is -2.45. The van der Waals surface area contributed by atoms with Gasteiger partial charge in [0.2, 0.25) is 5.91 Å². The van der Waals surface area contributed by atoms with E-state index in [2.05, 4.69) is 11.8 Å². The number of ketones is 1. The normalized spacial score (nSPS) is 17.8. The molecule has 6 nitrogen and oxygen atoms in total. The molecule has 2 aliphatic rings. The molecule has 1 fully saturated rings. The van der Waals surface area contributed by atoms with E-state index < -0.39 is 6.16 Å². The number of allylic oxidation sites excluding steroid dienone is 2. The third kappa shape index (κ3) is 4.66. The average molecular weight is 424 g/mol. The molecular formula is C25H29NO5. The first kappa shape index (κ1) is 22.6. The van der Waals surface area contributed by atoms with Gasteiger partial charge in [-0.25, -0.2) is 4.79 Å². The number of methoxy groups -OCH3 is 1. The summed E-state index contributed by atoms with van der Waals surface area (Å²) in [7, 11) is 1.25. The van der Waals surface area contributed by atoms with Gasteiger partial charge in [-0.1, -0.05) is 5.92 Å². The molecule has 1 aliphatic carbocycles. The number of Topliss-reactive ketones (excluding diaryl/α,β-unsaturated/α-hetero) is 1. The van der Waals surface area contributed by atoms with E-state index in [9.17, 15) is 14.4 Å². The molecule has 0 saturated carbocycles. The predicted octanol–water partition coefficient (Wildman–Crippen LogP) is 4.16. The van der Waals surface area contributed by atoms with Crippen molar-refractivity contribution < 1.29 is 23.9 Å². The number of hydrogen-bond acceptors (Lipinski definition) is 5. The summed E-state index contributed by atoms with van der Waals surface area (Å²) in [6.07, 6.45) is 1.40. The molecule has 1 saturated heterocycles. The van der Waals surface area contributed by atoms with Gasteiger partial charge < -0.3 is 14.4 Å². The van der Waals surface area contributed by atoms with Gasteiger partial charge in [0, 0.05) is 38.4 Å². The Morgan fingerprint density at radius 3 is 2.23 bits per heavy atom. The quantitative estimate of drug-likeness (QED) is 0.528. The van der Waals surface area contributed by atoms with Crippen LogP contribution in [0, 0.1) is 31.1 Å². The van der Waals surface area contributed by atoms with E-state index in [0.717, 1.165) is 22.3 Å². The lowest BCUT2D eigenvalue weighted by atomic mass is 9.66. The third-order valence-corrected chi connectivity index (χ3v) is 6.32. The van der Waals surface area contributed by atoms with Crippen molar-refractivity contribution in [3.05, 3.63) is 40.1 Å². The number of carbonyl (C=O) groups excluding carboxylic acids is 3. The van der Waals surface area contributed by atoms with Gasteiger partial charge in [-0.15, -0.1) is 5.92 Å². The van der Waals surface area contributed by atoms with Crippen LogP contribution in [0.2, 0.25) is 0 Å². The standard InChI is InChI=1S/C25H29NO5/c1-6-7-19-12-16(2)22(17(3)13-19)23-20(28)14-25(15-21(23)31-24(29)30-5)8-10-26(11-9-25)18(4)27/h12-13H,8-11,14-15H2,1-5H3. The lowest BCUT2D eigenvalue weighted by Gasteiger charge is -2.44. The third-order valence-electron chi connectivity index (χ3n) is 6.32. The molecule has 0 radical (unpaired) electrons. The van der Waals surface area contributed by atoms with Crippen molar-refractivity contribution in [1.82, 2.24) is 4.90 Å². The lowest BCUT2D eigenvalue weighted by molar-refractivity contribution is -0.131. The topological polar surface area (TPSA) is 72.9 Å². The number of amides is 1. The summed E-state index contributed by atoms with van der Waals surface area (Å²) in [5, 5.41) is 0. The Bertz CT molecular complexity index is 993. The number of ether oxygens (including phenoxy) is 2. The van der Waals surface area contributed by atoms with E-state index in [0.29, 0.717) is 50.1 Å². The number of aryl methyl sites for hydroxylation is 2. The minimum atomic E-state index is -0.831. The minimum absolute atomic E-state index is 0.0399. The molecule has 3 rings (SSSR count). The van der Waals surface area contributed by atoms with Crippen molar-refractivity contribution in [2.45, 2.75) is 53.4 Å². The number of hydrogen-bond donors (Lipinski definition) is 0. The van der Waals surface area contributed by atoms with Crippen LogP contribution < -0.4 is 0 Å². The fourth-order valence-electron chi connectivity index (χ4n) is 4.81. The summed E-state index contributed by atoms with van der Waals surface area (Å²) in [5.74, 6) is 6.31. The van der Waals surface area contributed by atoms with E-state index in [1.165, 1.54) is 7.11 Å². The molecule has 0 atom stereocenters. The van der Waals surface area contributed by atoms with Crippen molar-refractivity contribution in [3.63, 3.8) is 0 Å². The highest BCUT2D eigenvalue weighted by Gasteiger charge is 2.44. The molecule has 0 bridgehead atoms. The van der Waals surface area contributed by atoms with Crippen LogP contribution in [-0.2, 0) is 19.1 Å². The van der Waals surface area contributed by atoms with Crippen molar-refractivity contribution >= 4 is 23.4 Å². The molecule has 164 valence electrons. The summed E-state index contributed by atoms with van der Waals surface area (Å²) in [6.45, 7) is 8.43. The van der Waals surface area contributed by atoms with E-state index >= 15 is 0 Å². The Morgan fingerprint density at radius 2 is 1.71 bits per heavy atom. The molecule has 0 N–H and O–H groups in total. The van der Waals surface area contributed by atoms with Crippen LogP contribution in [0.25, 0.3) is 5.57 Å². The number of likely N-dealkylation sites (tertiary alicyclic amines) is 1. The largest absolute Gasteiger partial charge is 0.513 e. The van der Waals surface area contributed by atoms with Crippen molar-refractivity contribution in [2.75, 3.05) is 20.2 Å². The van der Waals surface area contributed by atoms with E-state index in [1.54, 1.807) is 18.7 Å². The minimum Gasteiger partial charge on any atom is -0.437 e. The van der Waals surface area contributed by atoms with Gasteiger partial charge in [0.05, 0.1) is 12.7 Å². The first-order valence-corrected chi connectivity index (χ1v) is 10.5. The summed E-state index contributed by atoms with van der Waals surface area (Å²) in [5.41, 5.74) is 3.64. The van der Waals surface area contributed by atoms with Crippen LogP contribution in [0.5, 0.6) is 0 Å². The smallest absolute Gasteiger partial charge is 0.437 e. The van der Waals surface area contributed by atoms with Crippen LogP contribution >= 0.6 is 0 Å². The molecule has 31 heavy (non-hydrogen) atoms. The highest BCUT2D eigenvalue weighted by atomic mass is 16.7. The summed E-state index contributed by atoms with van der Waals surface area (Å²) >= 11 is 0. The number of rotatable bonds is 2. The van der Waals surface area contributed by atoms with Crippen LogP contribution in [0.1, 0.15) is 61.8 Å². The Kier molecular flexibility index (Phi) is 6.54. The molecule has 1 aromatic carbocycles. The molecule has 1 heterocycles. The molecule has 0 unspecified atom stereocenters. The molecule has 6 heteroatoms. The van der Waals surface area contributed by atoms with E-state index in [1.807, 2.05) is 26.0 Å². The van der Waals surface area contributed by atoms with Gasteiger partial charge >= 0.3 is 6.16 Å². The Hall–Kier alpha value is -3.07. The van der Waals surface area contributed by atoms with Crippen molar-refractivity contribution in [3.8, 4) is 11.8 Å². The number of nitrogens with zero attached hydrogens (tertiary/aromatic N) is 1. The fourth-order valence-corrected chi connectivity index (χ4v) is 4.81. The van der Waals surface area contributed by atoms with Gasteiger partial charge in [0.1, 0.15) is 5.76 Å². The van der Waals surface area contributed by atoms with Crippen LogP contribution in [-0.4, -0.2) is 42.9 Å². The Morgan fingerprint density at radius 1 is 1.10 bits per heavy atom. The van der Waals surface area contributed by atoms with Crippen LogP contribution in [0.3, 0.4) is 0 Å². The second-order valence-electron chi connectivity index (χ2n) is 8.50. The maximum absolute atomic E-state index is 13.5. The van der Waals surface area contributed by atoms with Crippen LogP contribution in [0.15, 0.2) is 17.9 Å². The molecule has 1 spiro atoms. The molecule has 1 amide bonds. The van der Waals surface area contributed by atoms with Gasteiger partial charge in [-0.05, 0) is 67.9 Å². The summed E-state index contributed by atoms with van der Waals surface area (Å²) < 4.78 is 10.3. The molecule has 1 aliphatic heterocycles. The number of carbonyl (C=O) groups is 3. The SMILES string of the molecule is CC#Cc1cc(C)c(C2=C(OC(=O)OC)CC3(CCN(C(C)=O)CC3)CC2=O)c(C)c1. The van der Waals surface area contributed by atoms with Crippen LogP contribution in [0.4, 0.5) is 4.79 Å². The maximum atomic E-state index is 13.5. The summed E-state index contributed by atoms with van der Waals surface area (Å²) in [4.78, 5) is 39.0. The highest BCUT2D eigenvalue weighted by molar-refractivity contribution is 6.23.